The second kappa shape index (κ2) is 5.58. The van der Waals surface area contributed by atoms with Crippen molar-refractivity contribution in [1.82, 2.24) is 10.2 Å². The number of aromatic nitrogens is 2. The molecule has 0 bridgehead atoms. The van der Waals surface area contributed by atoms with E-state index in [0.29, 0.717) is 23.0 Å². The van der Waals surface area contributed by atoms with E-state index in [2.05, 4.69) is 15.5 Å². The highest BCUT2D eigenvalue weighted by molar-refractivity contribution is 6.04. The Bertz CT molecular complexity index is 749. The highest BCUT2D eigenvalue weighted by Gasteiger charge is 2.07. The van der Waals surface area contributed by atoms with Crippen LogP contribution in [0.3, 0.4) is 0 Å². The number of carbonyl (C=O) groups excluding carboxylic acids is 1. The molecule has 3 rings (SSSR count). The van der Waals surface area contributed by atoms with Crippen LogP contribution < -0.4 is 5.32 Å². The number of hydrogen-bond donors (Lipinski definition) is 1. The maximum Gasteiger partial charge on any atom is 0.255 e. The summed E-state index contributed by atoms with van der Waals surface area (Å²) in [5.74, 6) is 0.844. The second-order valence-corrected chi connectivity index (χ2v) is 4.52. The van der Waals surface area contributed by atoms with Crippen molar-refractivity contribution in [1.29, 1.82) is 0 Å². The first-order valence-corrected chi connectivity index (χ1v) is 6.49. The van der Waals surface area contributed by atoms with Crippen molar-refractivity contribution in [3.05, 3.63) is 66.1 Å². The lowest BCUT2D eigenvalue weighted by Crippen LogP contribution is -2.11. The molecule has 0 aliphatic carbocycles. The average Bonchev–Trinajstić information content (AvgIpc) is 2.95. The third-order valence-electron chi connectivity index (χ3n) is 2.95. The molecule has 1 amide bonds. The highest BCUT2D eigenvalue weighted by atomic mass is 16.4. The molecule has 0 saturated carbocycles. The quantitative estimate of drug-likeness (QED) is 0.798. The van der Waals surface area contributed by atoms with Crippen LogP contribution in [0.2, 0.25) is 0 Å². The summed E-state index contributed by atoms with van der Waals surface area (Å²) in [6.07, 6.45) is 0. The summed E-state index contributed by atoms with van der Waals surface area (Å²) >= 11 is 0. The minimum absolute atomic E-state index is 0.142. The van der Waals surface area contributed by atoms with Crippen molar-refractivity contribution >= 4 is 11.6 Å². The fourth-order valence-corrected chi connectivity index (χ4v) is 1.90. The Hall–Kier alpha value is -2.95. The SMILES string of the molecule is Cc1nnc(-c2ccc(NC(=O)c3ccccc3)cc2)o1. The molecule has 0 aliphatic heterocycles. The number of amides is 1. The van der Waals surface area contributed by atoms with E-state index < -0.39 is 0 Å². The summed E-state index contributed by atoms with van der Waals surface area (Å²) in [7, 11) is 0. The zero-order valence-corrected chi connectivity index (χ0v) is 11.4. The van der Waals surface area contributed by atoms with E-state index in [9.17, 15) is 4.79 Å². The minimum Gasteiger partial charge on any atom is -0.421 e. The van der Waals surface area contributed by atoms with Gasteiger partial charge in [-0.05, 0) is 36.4 Å². The van der Waals surface area contributed by atoms with Crippen molar-refractivity contribution in [2.24, 2.45) is 0 Å². The fraction of sp³-hybridized carbons (Fsp3) is 0.0625. The number of carbonyl (C=O) groups is 1. The van der Waals surface area contributed by atoms with E-state index in [1.54, 1.807) is 31.2 Å². The third-order valence-corrected chi connectivity index (χ3v) is 2.95. The Labute approximate surface area is 121 Å². The van der Waals surface area contributed by atoms with Gasteiger partial charge in [-0.1, -0.05) is 18.2 Å². The van der Waals surface area contributed by atoms with Crippen LogP contribution in [0.4, 0.5) is 5.69 Å². The van der Waals surface area contributed by atoms with Gasteiger partial charge in [-0.25, -0.2) is 0 Å². The van der Waals surface area contributed by atoms with Gasteiger partial charge in [0.1, 0.15) is 0 Å². The molecule has 5 heteroatoms. The van der Waals surface area contributed by atoms with E-state index >= 15 is 0 Å². The molecule has 0 spiro atoms. The van der Waals surface area contributed by atoms with Crippen LogP contribution in [-0.4, -0.2) is 16.1 Å². The van der Waals surface area contributed by atoms with Crippen molar-refractivity contribution in [3.8, 4) is 11.5 Å². The van der Waals surface area contributed by atoms with Gasteiger partial charge in [0.2, 0.25) is 11.8 Å². The van der Waals surface area contributed by atoms with Gasteiger partial charge in [-0.15, -0.1) is 10.2 Å². The predicted octanol–water partition coefficient (Wildman–Crippen LogP) is 3.30. The van der Waals surface area contributed by atoms with Gasteiger partial charge >= 0.3 is 0 Å². The largest absolute Gasteiger partial charge is 0.421 e. The molecule has 0 unspecified atom stereocenters. The molecule has 3 aromatic rings. The number of hydrogen-bond acceptors (Lipinski definition) is 4. The Morgan fingerprint density at radius 3 is 2.33 bits per heavy atom. The third kappa shape index (κ3) is 2.97. The lowest BCUT2D eigenvalue weighted by molar-refractivity contribution is 0.102. The van der Waals surface area contributed by atoms with Gasteiger partial charge in [0.25, 0.3) is 5.91 Å². The molecular formula is C16H13N3O2. The lowest BCUT2D eigenvalue weighted by atomic mass is 10.2. The summed E-state index contributed by atoms with van der Waals surface area (Å²) in [6, 6.07) is 16.3. The molecule has 0 radical (unpaired) electrons. The van der Waals surface area contributed by atoms with Crippen LogP contribution in [0, 0.1) is 6.92 Å². The first-order chi connectivity index (χ1) is 10.2. The summed E-state index contributed by atoms with van der Waals surface area (Å²) < 4.78 is 5.35. The smallest absolute Gasteiger partial charge is 0.255 e. The molecule has 0 atom stereocenters. The van der Waals surface area contributed by atoms with Crippen molar-refractivity contribution in [2.45, 2.75) is 6.92 Å². The standard InChI is InChI=1S/C16H13N3O2/c1-11-18-19-16(21-11)13-7-9-14(10-8-13)17-15(20)12-5-3-2-4-6-12/h2-10H,1H3,(H,17,20). The number of rotatable bonds is 3. The van der Waals surface area contributed by atoms with Gasteiger partial charge in [0.15, 0.2) is 0 Å². The predicted molar refractivity (Wildman–Crippen MR) is 78.9 cm³/mol. The van der Waals surface area contributed by atoms with Crippen LogP contribution in [0.1, 0.15) is 16.2 Å². The summed E-state index contributed by atoms with van der Waals surface area (Å²) in [4.78, 5) is 12.0. The normalized spacial score (nSPS) is 10.3. The molecule has 1 heterocycles. The summed E-state index contributed by atoms with van der Waals surface area (Å²) in [5, 5.41) is 10.6. The first kappa shape index (κ1) is 13.1. The molecule has 1 aromatic heterocycles. The number of nitrogens with one attached hydrogen (secondary N) is 1. The van der Waals surface area contributed by atoms with Gasteiger partial charge < -0.3 is 9.73 Å². The van der Waals surface area contributed by atoms with Crippen LogP contribution in [0.15, 0.2) is 59.0 Å². The zero-order chi connectivity index (χ0) is 14.7. The fourth-order valence-electron chi connectivity index (χ4n) is 1.90. The maximum absolute atomic E-state index is 12.0. The maximum atomic E-state index is 12.0. The highest BCUT2D eigenvalue weighted by Crippen LogP contribution is 2.20. The molecule has 2 aromatic carbocycles. The summed E-state index contributed by atoms with van der Waals surface area (Å²) in [5.41, 5.74) is 2.14. The van der Waals surface area contributed by atoms with E-state index in [-0.39, 0.29) is 5.91 Å². The Balaban J connectivity index is 1.74. The molecule has 1 N–H and O–H groups in total. The molecule has 5 nitrogen and oxygen atoms in total. The topological polar surface area (TPSA) is 68.0 Å². The van der Waals surface area contributed by atoms with Crippen LogP contribution in [0.5, 0.6) is 0 Å². The van der Waals surface area contributed by atoms with Crippen LogP contribution >= 0.6 is 0 Å². The van der Waals surface area contributed by atoms with E-state index in [0.717, 1.165) is 5.56 Å². The van der Waals surface area contributed by atoms with Crippen LogP contribution in [0.25, 0.3) is 11.5 Å². The van der Waals surface area contributed by atoms with Crippen molar-refractivity contribution in [3.63, 3.8) is 0 Å². The monoisotopic (exact) mass is 279 g/mol. The zero-order valence-electron chi connectivity index (χ0n) is 11.4. The second-order valence-electron chi connectivity index (χ2n) is 4.52. The van der Waals surface area contributed by atoms with E-state index in [1.807, 2.05) is 30.3 Å². The van der Waals surface area contributed by atoms with E-state index in [1.165, 1.54) is 0 Å². The molecule has 21 heavy (non-hydrogen) atoms. The number of anilines is 1. The Morgan fingerprint density at radius 2 is 1.71 bits per heavy atom. The van der Waals surface area contributed by atoms with Gasteiger partial charge in [-0.3, -0.25) is 4.79 Å². The van der Waals surface area contributed by atoms with Crippen molar-refractivity contribution < 1.29 is 9.21 Å². The van der Waals surface area contributed by atoms with Gasteiger partial charge in [-0.2, -0.15) is 0 Å². The van der Waals surface area contributed by atoms with Crippen molar-refractivity contribution in [2.75, 3.05) is 5.32 Å². The number of nitrogens with zero attached hydrogens (tertiary/aromatic N) is 2. The minimum atomic E-state index is -0.142. The number of aryl methyl sites for hydroxylation is 1. The molecule has 0 aliphatic rings. The molecule has 104 valence electrons. The average molecular weight is 279 g/mol. The number of benzene rings is 2. The molecular weight excluding hydrogens is 266 g/mol. The molecule has 0 fully saturated rings. The Morgan fingerprint density at radius 1 is 1.00 bits per heavy atom. The lowest BCUT2D eigenvalue weighted by Gasteiger charge is -2.05. The molecule has 0 saturated heterocycles. The first-order valence-electron chi connectivity index (χ1n) is 6.49. The van der Waals surface area contributed by atoms with Crippen LogP contribution in [-0.2, 0) is 0 Å². The van der Waals surface area contributed by atoms with E-state index in [4.69, 9.17) is 4.42 Å². The van der Waals surface area contributed by atoms with Gasteiger partial charge in [0, 0.05) is 23.7 Å². The van der Waals surface area contributed by atoms with Gasteiger partial charge in [0.05, 0.1) is 0 Å². The Kier molecular flexibility index (Phi) is 3.47. The summed E-state index contributed by atoms with van der Waals surface area (Å²) in [6.45, 7) is 1.74.